The molecule has 2 heterocycles. The van der Waals surface area contributed by atoms with Gasteiger partial charge in [-0.15, -0.1) is 10.2 Å². The Hall–Kier alpha value is -3.29. The van der Waals surface area contributed by atoms with Crippen molar-refractivity contribution in [3.63, 3.8) is 0 Å². The normalized spacial score (nSPS) is 10.7. The Labute approximate surface area is 170 Å². The highest BCUT2D eigenvalue weighted by atomic mass is 16.6. The summed E-state index contributed by atoms with van der Waals surface area (Å²) in [5.41, 5.74) is 2.49. The maximum atomic E-state index is 12.0. The van der Waals surface area contributed by atoms with Crippen LogP contribution >= 0.6 is 0 Å². The van der Waals surface area contributed by atoms with Crippen LogP contribution in [0, 0.1) is 0 Å². The van der Waals surface area contributed by atoms with Gasteiger partial charge in [-0.1, -0.05) is 51.2 Å². The number of nitrogens with zero attached hydrogens (tertiary/aromatic N) is 4. The number of ether oxygens (including phenoxy) is 1. The summed E-state index contributed by atoms with van der Waals surface area (Å²) in [5.74, 6) is 0.953. The molecule has 0 radical (unpaired) electrons. The van der Waals surface area contributed by atoms with Gasteiger partial charge in [0.25, 0.3) is 0 Å². The number of H-pyrrole nitrogens is 1. The van der Waals surface area contributed by atoms with Gasteiger partial charge in [-0.2, -0.15) is 5.21 Å². The molecular weight excluding hydrogens is 368 g/mol. The molecule has 0 saturated heterocycles. The van der Waals surface area contributed by atoms with E-state index in [4.69, 9.17) is 4.74 Å². The van der Waals surface area contributed by atoms with E-state index in [0.29, 0.717) is 18.1 Å². The van der Waals surface area contributed by atoms with Gasteiger partial charge in [0.2, 0.25) is 5.82 Å². The molecule has 3 rings (SSSR count). The molecule has 2 aromatic heterocycles. The molecule has 0 atom stereocenters. The number of carbonyl (C=O) groups excluding carboxylic acids is 1. The minimum absolute atomic E-state index is 0.436. The standard InChI is InChI=1S/C21H26N6O2/c1-2-3-4-5-6-7-11-23-21(28)29-19-10-8-9-16(13-19)17-12-18(15-22-14-17)20-24-26-27-25-20/h8-10,12-15H,2-7,11H2,1H3,(H,23,28)(H,24,25,26,27). The Morgan fingerprint density at radius 3 is 2.69 bits per heavy atom. The summed E-state index contributed by atoms with van der Waals surface area (Å²) >= 11 is 0. The third-order valence-corrected chi connectivity index (χ3v) is 4.52. The summed E-state index contributed by atoms with van der Waals surface area (Å²) in [5, 5.41) is 16.7. The molecule has 3 aromatic rings. The fraction of sp³-hybridized carbons (Fsp3) is 0.381. The first-order valence-corrected chi connectivity index (χ1v) is 10.0. The van der Waals surface area contributed by atoms with Crippen LogP contribution in [0.2, 0.25) is 0 Å². The fourth-order valence-corrected chi connectivity index (χ4v) is 2.98. The van der Waals surface area contributed by atoms with Gasteiger partial charge in [-0.3, -0.25) is 4.98 Å². The van der Waals surface area contributed by atoms with Gasteiger partial charge in [0.1, 0.15) is 5.75 Å². The molecule has 0 fully saturated rings. The van der Waals surface area contributed by atoms with Gasteiger partial charge < -0.3 is 10.1 Å². The minimum atomic E-state index is -0.436. The number of hydrogen-bond donors (Lipinski definition) is 2. The average Bonchev–Trinajstić information content (AvgIpc) is 3.28. The van der Waals surface area contributed by atoms with Crippen molar-refractivity contribution in [3.8, 4) is 28.3 Å². The molecule has 1 amide bonds. The number of aromatic amines is 1. The van der Waals surface area contributed by atoms with Crippen LogP contribution in [0.1, 0.15) is 45.4 Å². The lowest BCUT2D eigenvalue weighted by Crippen LogP contribution is -2.27. The molecular formula is C21H26N6O2. The maximum absolute atomic E-state index is 12.0. The largest absolute Gasteiger partial charge is 0.412 e. The summed E-state index contributed by atoms with van der Waals surface area (Å²) in [4.78, 5) is 16.3. The molecule has 0 unspecified atom stereocenters. The molecule has 8 nitrogen and oxygen atoms in total. The number of benzene rings is 1. The predicted octanol–water partition coefficient (Wildman–Crippen LogP) is 4.38. The highest BCUT2D eigenvalue weighted by Crippen LogP contribution is 2.26. The van der Waals surface area contributed by atoms with E-state index >= 15 is 0 Å². The first-order chi connectivity index (χ1) is 14.3. The van der Waals surface area contributed by atoms with Crippen molar-refractivity contribution in [1.82, 2.24) is 30.9 Å². The number of nitrogens with one attached hydrogen (secondary N) is 2. The van der Waals surface area contributed by atoms with Gasteiger partial charge >= 0.3 is 6.09 Å². The molecule has 29 heavy (non-hydrogen) atoms. The Balaban J connectivity index is 1.53. The Morgan fingerprint density at radius 1 is 1.03 bits per heavy atom. The molecule has 0 aliphatic heterocycles. The number of unbranched alkanes of at least 4 members (excludes halogenated alkanes) is 5. The van der Waals surface area contributed by atoms with Crippen molar-refractivity contribution < 1.29 is 9.53 Å². The van der Waals surface area contributed by atoms with Crippen molar-refractivity contribution in [3.05, 3.63) is 42.7 Å². The van der Waals surface area contributed by atoms with Gasteiger partial charge in [-0.05, 0) is 35.4 Å². The lowest BCUT2D eigenvalue weighted by molar-refractivity contribution is 0.200. The molecule has 0 aliphatic rings. The first-order valence-electron chi connectivity index (χ1n) is 10.0. The number of aromatic nitrogens is 5. The third-order valence-electron chi connectivity index (χ3n) is 4.52. The van der Waals surface area contributed by atoms with Crippen molar-refractivity contribution in [2.45, 2.75) is 45.4 Å². The Bertz CT molecular complexity index is 898. The zero-order valence-electron chi connectivity index (χ0n) is 16.6. The van der Waals surface area contributed by atoms with Crippen LogP contribution < -0.4 is 10.1 Å². The molecule has 152 valence electrons. The number of tetrazole rings is 1. The second kappa shape index (κ2) is 10.9. The molecule has 8 heteroatoms. The third kappa shape index (κ3) is 6.38. The monoisotopic (exact) mass is 394 g/mol. The van der Waals surface area contributed by atoms with E-state index in [1.807, 2.05) is 18.2 Å². The van der Waals surface area contributed by atoms with Crippen LogP contribution in [-0.2, 0) is 0 Å². The van der Waals surface area contributed by atoms with E-state index in [9.17, 15) is 4.79 Å². The molecule has 0 saturated carbocycles. The van der Waals surface area contributed by atoms with Gasteiger partial charge in [0.05, 0.1) is 0 Å². The van der Waals surface area contributed by atoms with Gasteiger partial charge in [0.15, 0.2) is 0 Å². The first kappa shape index (κ1) is 20.4. The summed E-state index contributed by atoms with van der Waals surface area (Å²) in [7, 11) is 0. The SMILES string of the molecule is CCCCCCCCNC(=O)Oc1cccc(-c2cncc(-c3nn[nH]n3)c2)c1. The van der Waals surface area contributed by atoms with Crippen molar-refractivity contribution in [1.29, 1.82) is 0 Å². The number of hydrogen-bond acceptors (Lipinski definition) is 6. The van der Waals surface area contributed by atoms with Crippen LogP contribution in [0.3, 0.4) is 0 Å². The molecule has 0 spiro atoms. The van der Waals surface area contributed by atoms with Crippen molar-refractivity contribution >= 4 is 6.09 Å². The molecule has 1 aromatic carbocycles. The zero-order valence-corrected chi connectivity index (χ0v) is 16.6. The van der Waals surface area contributed by atoms with E-state index in [2.05, 4.69) is 37.8 Å². The van der Waals surface area contributed by atoms with Crippen molar-refractivity contribution in [2.24, 2.45) is 0 Å². The van der Waals surface area contributed by atoms with Crippen LogP contribution in [0.15, 0.2) is 42.7 Å². The predicted molar refractivity (Wildman–Crippen MR) is 110 cm³/mol. The zero-order chi connectivity index (χ0) is 20.3. The maximum Gasteiger partial charge on any atom is 0.412 e. The van der Waals surface area contributed by atoms with Crippen LogP contribution in [0.25, 0.3) is 22.5 Å². The van der Waals surface area contributed by atoms with Gasteiger partial charge in [0, 0.05) is 30.1 Å². The van der Waals surface area contributed by atoms with Crippen molar-refractivity contribution in [2.75, 3.05) is 6.54 Å². The molecule has 2 N–H and O–H groups in total. The Kier molecular flexibility index (Phi) is 7.68. The topological polar surface area (TPSA) is 106 Å². The lowest BCUT2D eigenvalue weighted by atomic mass is 10.1. The quantitative estimate of drug-likeness (QED) is 0.494. The summed E-state index contributed by atoms with van der Waals surface area (Å²) in [6, 6.07) is 9.24. The van der Waals surface area contributed by atoms with E-state index in [1.54, 1.807) is 24.5 Å². The van der Waals surface area contributed by atoms with Crippen LogP contribution in [0.5, 0.6) is 5.75 Å². The number of carbonyl (C=O) groups is 1. The number of pyridine rings is 1. The highest BCUT2D eigenvalue weighted by Gasteiger charge is 2.08. The average molecular weight is 394 g/mol. The summed E-state index contributed by atoms with van der Waals surface area (Å²) in [6.45, 7) is 2.83. The number of rotatable bonds is 10. The molecule has 0 aliphatic carbocycles. The van der Waals surface area contributed by atoms with E-state index < -0.39 is 6.09 Å². The Morgan fingerprint density at radius 2 is 1.86 bits per heavy atom. The lowest BCUT2D eigenvalue weighted by Gasteiger charge is -2.08. The van der Waals surface area contributed by atoms with Crippen LogP contribution in [0.4, 0.5) is 4.79 Å². The summed E-state index contributed by atoms with van der Waals surface area (Å²) in [6.07, 6.45) is 10.0. The van der Waals surface area contributed by atoms with Gasteiger partial charge in [-0.25, -0.2) is 4.79 Å². The smallest absolute Gasteiger partial charge is 0.410 e. The fourth-order valence-electron chi connectivity index (χ4n) is 2.98. The summed E-state index contributed by atoms with van der Waals surface area (Å²) < 4.78 is 5.41. The second-order valence-corrected chi connectivity index (χ2v) is 6.81. The highest BCUT2D eigenvalue weighted by molar-refractivity contribution is 5.73. The van der Waals surface area contributed by atoms with E-state index in [-0.39, 0.29) is 0 Å². The number of amides is 1. The van der Waals surface area contributed by atoms with Crippen LogP contribution in [-0.4, -0.2) is 38.2 Å². The second-order valence-electron chi connectivity index (χ2n) is 6.81. The van der Waals surface area contributed by atoms with E-state index in [1.165, 1.54) is 25.7 Å². The van der Waals surface area contributed by atoms with E-state index in [0.717, 1.165) is 29.5 Å². The minimum Gasteiger partial charge on any atom is -0.410 e. The molecule has 0 bridgehead atoms.